The Morgan fingerprint density at radius 2 is 1.41 bits per heavy atom. The van der Waals surface area contributed by atoms with E-state index in [1.54, 1.807) is 54.6 Å². The van der Waals surface area contributed by atoms with Gasteiger partial charge in [-0.2, -0.15) is 5.10 Å². The summed E-state index contributed by atoms with van der Waals surface area (Å²) in [4.78, 5) is 25.2. The first kappa shape index (κ1) is 32.0. The molecule has 0 unspecified atom stereocenters. The third-order valence-electron chi connectivity index (χ3n) is 6.80. The molecule has 0 aliphatic rings. The second-order valence-electron chi connectivity index (χ2n) is 10.4. The Bertz CT molecular complexity index is 1660. The highest BCUT2D eigenvalue weighted by Crippen LogP contribution is 2.26. The number of hydrazone groups is 1. The van der Waals surface area contributed by atoms with Crippen LogP contribution in [0.2, 0.25) is 0 Å². The molecule has 0 spiro atoms. The SMILES string of the molecule is CC(C)c1ccc(N(CC(=O)N/N=C\c2ccc(OCC(=O)N[C@H](C)c3ccccc3)cc2)S(=O)(=O)c2ccccc2)cc1. The van der Waals surface area contributed by atoms with Crippen molar-refractivity contribution in [1.82, 2.24) is 10.7 Å². The van der Waals surface area contributed by atoms with Crippen LogP contribution < -0.4 is 19.8 Å². The molecule has 0 bridgehead atoms. The number of benzene rings is 4. The number of nitrogens with zero attached hydrogens (tertiary/aromatic N) is 2. The highest BCUT2D eigenvalue weighted by molar-refractivity contribution is 7.92. The van der Waals surface area contributed by atoms with Gasteiger partial charge in [-0.25, -0.2) is 13.8 Å². The van der Waals surface area contributed by atoms with Crippen LogP contribution in [0.1, 0.15) is 49.4 Å². The smallest absolute Gasteiger partial charge is 0.264 e. The van der Waals surface area contributed by atoms with E-state index in [-0.39, 0.29) is 29.4 Å². The molecule has 9 nitrogen and oxygen atoms in total. The van der Waals surface area contributed by atoms with Gasteiger partial charge < -0.3 is 10.1 Å². The van der Waals surface area contributed by atoms with Crippen LogP contribution in [0.15, 0.2) is 119 Å². The summed E-state index contributed by atoms with van der Waals surface area (Å²) in [6, 6.07) is 31.4. The van der Waals surface area contributed by atoms with E-state index < -0.39 is 22.5 Å². The molecule has 4 aromatic carbocycles. The number of nitrogens with one attached hydrogen (secondary N) is 2. The van der Waals surface area contributed by atoms with Crippen LogP contribution in [0.5, 0.6) is 5.75 Å². The Labute approximate surface area is 258 Å². The first-order valence-electron chi connectivity index (χ1n) is 14.2. The van der Waals surface area contributed by atoms with Crippen molar-refractivity contribution in [3.8, 4) is 5.75 Å². The minimum Gasteiger partial charge on any atom is -0.484 e. The van der Waals surface area contributed by atoms with Gasteiger partial charge in [-0.05, 0) is 78.1 Å². The van der Waals surface area contributed by atoms with Crippen molar-refractivity contribution in [3.05, 3.63) is 126 Å². The van der Waals surface area contributed by atoms with Crippen LogP contribution in [0, 0.1) is 0 Å². The standard InChI is InChI=1S/C34H36N4O5S/c1-25(2)28-16-18-30(19-17-28)38(44(41,42)32-12-8-5-9-13-32)23-33(39)37-35-22-27-14-20-31(21-15-27)43-24-34(40)36-26(3)29-10-6-4-7-11-29/h4-22,25-26H,23-24H2,1-3H3,(H,36,40)(H,37,39)/b35-22-/t26-/m1/s1. The maximum absolute atomic E-state index is 13.5. The van der Waals surface area contributed by atoms with Gasteiger partial charge in [-0.15, -0.1) is 0 Å². The second kappa shape index (κ2) is 15.0. The number of hydrogen-bond donors (Lipinski definition) is 2. The maximum Gasteiger partial charge on any atom is 0.264 e. The third-order valence-corrected chi connectivity index (χ3v) is 8.58. The fourth-order valence-electron chi connectivity index (χ4n) is 4.31. The summed E-state index contributed by atoms with van der Waals surface area (Å²) in [7, 11) is -4.02. The summed E-state index contributed by atoms with van der Waals surface area (Å²) >= 11 is 0. The molecule has 0 aromatic heterocycles. The van der Waals surface area contributed by atoms with Gasteiger partial charge in [0.15, 0.2) is 6.61 Å². The summed E-state index contributed by atoms with van der Waals surface area (Å²) in [6.45, 7) is 5.40. The van der Waals surface area contributed by atoms with E-state index in [1.165, 1.54) is 18.3 Å². The molecule has 4 aromatic rings. The number of amides is 2. The zero-order valence-electron chi connectivity index (χ0n) is 24.9. The highest BCUT2D eigenvalue weighted by atomic mass is 32.2. The largest absolute Gasteiger partial charge is 0.484 e. The van der Waals surface area contributed by atoms with E-state index in [0.717, 1.165) is 15.4 Å². The van der Waals surface area contributed by atoms with E-state index in [4.69, 9.17) is 4.74 Å². The van der Waals surface area contributed by atoms with Gasteiger partial charge in [0.25, 0.3) is 21.8 Å². The van der Waals surface area contributed by atoms with Crippen molar-refractivity contribution in [1.29, 1.82) is 0 Å². The Kier molecular flexibility index (Phi) is 10.9. The fourth-order valence-corrected chi connectivity index (χ4v) is 5.75. The molecule has 0 fully saturated rings. The van der Waals surface area contributed by atoms with Crippen molar-refractivity contribution in [3.63, 3.8) is 0 Å². The van der Waals surface area contributed by atoms with Gasteiger partial charge in [0.1, 0.15) is 12.3 Å². The number of anilines is 1. The average Bonchev–Trinajstić information content (AvgIpc) is 3.04. The Balaban J connectivity index is 1.34. The molecule has 228 valence electrons. The Hall–Kier alpha value is -4.96. The zero-order chi connectivity index (χ0) is 31.5. The van der Waals surface area contributed by atoms with E-state index in [9.17, 15) is 18.0 Å². The summed E-state index contributed by atoms with van der Waals surface area (Å²) in [5, 5.41) is 6.89. The topological polar surface area (TPSA) is 117 Å². The molecule has 10 heteroatoms. The number of rotatable bonds is 13. The van der Waals surface area contributed by atoms with Gasteiger partial charge >= 0.3 is 0 Å². The highest BCUT2D eigenvalue weighted by Gasteiger charge is 2.27. The van der Waals surface area contributed by atoms with Gasteiger partial charge in [0, 0.05) is 0 Å². The number of carbonyl (C=O) groups excluding carboxylic acids is 2. The number of carbonyl (C=O) groups is 2. The maximum atomic E-state index is 13.5. The van der Waals surface area contributed by atoms with Crippen LogP contribution in [0.25, 0.3) is 0 Å². The summed E-state index contributed by atoms with van der Waals surface area (Å²) in [5.41, 5.74) is 5.50. The van der Waals surface area contributed by atoms with Gasteiger partial charge in [0.05, 0.1) is 22.8 Å². The molecule has 44 heavy (non-hydrogen) atoms. The number of ether oxygens (including phenoxy) is 1. The van der Waals surface area contributed by atoms with Gasteiger partial charge in [0.2, 0.25) is 0 Å². The lowest BCUT2D eigenvalue weighted by Crippen LogP contribution is -2.39. The lowest BCUT2D eigenvalue weighted by atomic mass is 10.0. The quantitative estimate of drug-likeness (QED) is 0.155. The van der Waals surface area contributed by atoms with Crippen molar-refractivity contribution < 1.29 is 22.7 Å². The number of hydrogen-bond acceptors (Lipinski definition) is 6. The Morgan fingerprint density at radius 3 is 2.02 bits per heavy atom. The van der Waals surface area contributed by atoms with Crippen molar-refractivity contribution in [2.45, 2.75) is 37.6 Å². The molecule has 1 atom stereocenters. The monoisotopic (exact) mass is 612 g/mol. The zero-order valence-corrected chi connectivity index (χ0v) is 25.7. The predicted octanol–water partition coefficient (Wildman–Crippen LogP) is 5.41. The minimum absolute atomic E-state index is 0.0785. The van der Waals surface area contributed by atoms with Crippen LogP contribution in [-0.4, -0.2) is 39.6 Å². The van der Waals surface area contributed by atoms with Crippen molar-refractivity contribution >= 4 is 33.7 Å². The van der Waals surface area contributed by atoms with E-state index in [1.807, 2.05) is 63.2 Å². The first-order chi connectivity index (χ1) is 21.1. The first-order valence-corrected chi connectivity index (χ1v) is 15.6. The van der Waals surface area contributed by atoms with Gasteiger partial charge in [-0.3, -0.25) is 13.9 Å². The minimum atomic E-state index is -4.02. The second-order valence-corrected chi connectivity index (χ2v) is 12.3. The molecule has 0 radical (unpaired) electrons. The van der Waals surface area contributed by atoms with Crippen LogP contribution in [-0.2, 0) is 19.6 Å². The van der Waals surface area contributed by atoms with Crippen LogP contribution in [0.3, 0.4) is 0 Å². The average molecular weight is 613 g/mol. The molecular formula is C34H36N4O5S. The molecule has 0 saturated heterocycles. The normalized spacial score (nSPS) is 12.1. The summed E-state index contributed by atoms with van der Waals surface area (Å²) < 4.78 is 33.7. The van der Waals surface area contributed by atoms with Crippen LogP contribution >= 0.6 is 0 Å². The molecule has 2 N–H and O–H groups in total. The van der Waals surface area contributed by atoms with Crippen molar-refractivity contribution in [2.75, 3.05) is 17.5 Å². The molecule has 4 rings (SSSR count). The molecule has 0 aliphatic carbocycles. The van der Waals surface area contributed by atoms with Gasteiger partial charge in [-0.1, -0.05) is 74.5 Å². The lowest BCUT2D eigenvalue weighted by Gasteiger charge is -2.24. The van der Waals surface area contributed by atoms with E-state index in [2.05, 4.69) is 15.8 Å². The summed E-state index contributed by atoms with van der Waals surface area (Å²) in [5.74, 6) is -0.0769. The third kappa shape index (κ3) is 8.78. The van der Waals surface area contributed by atoms with Crippen LogP contribution in [0.4, 0.5) is 5.69 Å². The van der Waals surface area contributed by atoms with E-state index in [0.29, 0.717) is 17.0 Å². The van der Waals surface area contributed by atoms with Crippen molar-refractivity contribution in [2.24, 2.45) is 5.10 Å². The summed E-state index contributed by atoms with van der Waals surface area (Å²) in [6.07, 6.45) is 1.43. The molecule has 0 heterocycles. The molecule has 2 amide bonds. The molecular weight excluding hydrogens is 576 g/mol. The molecule has 0 saturated carbocycles. The predicted molar refractivity (Wildman–Crippen MR) is 172 cm³/mol. The number of sulfonamides is 1. The Morgan fingerprint density at radius 1 is 0.795 bits per heavy atom. The fraction of sp³-hybridized carbons (Fsp3) is 0.206. The van der Waals surface area contributed by atoms with E-state index >= 15 is 0 Å². The lowest BCUT2D eigenvalue weighted by molar-refractivity contribution is -0.123. The molecule has 0 aliphatic heterocycles.